The fourth-order valence-corrected chi connectivity index (χ4v) is 4.49. The Bertz CT molecular complexity index is 1470. The number of aryl methyl sites for hydroxylation is 1. The number of ether oxygens (including phenoxy) is 1. The Hall–Kier alpha value is -3.49. The molecule has 1 aliphatic heterocycles. The van der Waals surface area contributed by atoms with Gasteiger partial charge in [0.25, 0.3) is 0 Å². The summed E-state index contributed by atoms with van der Waals surface area (Å²) in [7, 11) is 0. The molecule has 0 saturated heterocycles. The third-order valence-corrected chi connectivity index (χ3v) is 5.97. The van der Waals surface area contributed by atoms with Gasteiger partial charge in [-0.2, -0.15) is 29.7 Å². The Morgan fingerprint density at radius 3 is 2.44 bits per heavy atom. The molecule has 0 atom stereocenters. The van der Waals surface area contributed by atoms with E-state index >= 15 is 0 Å². The predicted molar refractivity (Wildman–Crippen MR) is 133 cm³/mol. The van der Waals surface area contributed by atoms with Crippen molar-refractivity contribution in [2.75, 3.05) is 0 Å². The first kappa shape index (κ1) is 22.3. The molecule has 0 fully saturated rings. The van der Waals surface area contributed by atoms with Gasteiger partial charge < -0.3 is 4.74 Å². The molecule has 6 rings (SSSR count). The van der Waals surface area contributed by atoms with Gasteiger partial charge in [0.05, 0.1) is 0 Å². The Labute approximate surface area is 214 Å². The first-order chi connectivity index (χ1) is 16.3. The van der Waals surface area contributed by atoms with E-state index in [-0.39, 0.29) is 27.8 Å². The van der Waals surface area contributed by atoms with Crippen LogP contribution in [0.4, 0.5) is 0 Å². The van der Waals surface area contributed by atoms with Crippen molar-refractivity contribution in [3.8, 4) is 33.9 Å². The van der Waals surface area contributed by atoms with Crippen molar-refractivity contribution in [2.24, 2.45) is 0 Å². The van der Waals surface area contributed by atoms with E-state index in [9.17, 15) is 0 Å². The van der Waals surface area contributed by atoms with E-state index in [1.54, 1.807) is 6.20 Å². The topological polar surface area (TPSA) is 35.0 Å². The Morgan fingerprint density at radius 2 is 1.59 bits per heavy atom. The van der Waals surface area contributed by atoms with Crippen molar-refractivity contribution in [3.63, 3.8) is 0 Å². The minimum Gasteiger partial charge on any atom is -0.460 e. The number of aromatic nitrogens is 2. The van der Waals surface area contributed by atoms with Crippen LogP contribution in [0.1, 0.15) is 5.56 Å². The zero-order valence-electron chi connectivity index (χ0n) is 18.4. The molecule has 0 amide bonds. The molecule has 164 valence electrons. The third-order valence-electron chi connectivity index (χ3n) is 5.97. The summed E-state index contributed by atoms with van der Waals surface area (Å²) in [6.45, 7) is 2.17. The molecule has 5 heteroatoms. The smallest absolute Gasteiger partial charge is 0.460 e. The standard InChI is InChI=1S/C29H19BN2O.Pt/c1-20-14-16-31-28(17-20)30-26-10-3-2-9-24(26)25-13-12-22(19-27(25)30)21-7-6-8-23(18-21)33-29-11-4-5-15-32-29;/h2-17H,1H3;/q-2;+2. The molecule has 3 nitrogen and oxygen atoms in total. The Kier molecular flexibility index (Phi) is 6.17. The van der Waals surface area contributed by atoms with Crippen molar-refractivity contribution in [1.29, 1.82) is 0 Å². The summed E-state index contributed by atoms with van der Waals surface area (Å²) in [4.78, 5) is 8.97. The summed E-state index contributed by atoms with van der Waals surface area (Å²) in [5, 5.41) is 0. The largest absolute Gasteiger partial charge is 2.00 e. The molecule has 34 heavy (non-hydrogen) atoms. The molecule has 0 aliphatic carbocycles. The number of fused-ring (bicyclic) bond motifs is 3. The molecule has 0 spiro atoms. The first-order valence-electron chi connectivity index (χ1n) is 11.0. The fraction of sp³-hybridized carbons (Fsp3) is 0.0345. The van der Waals surface area contributed by atoms with Crippen LogP contribution in [0.15, 0.2) is 97.3 Å². The number of rotatable bonds is 4. The maximum absolute atomic E-state index is 5.90. The molecule has 0 saturated carbocycles. The second-order valence-electron chi connectivity index (χ2n) is 8.18. The number of benzene rings is 3. The maximum atomic E-state index is 5.90. The van der Waals surface area contributed by atoms with Crippen LogP contribution in [0, 0.1) is 19.1 Å². The van der Waals surface area contributed by atoms with Gasteiger partial charge in [0.15, 0.2) is 0 Å². The van der Waals surface area contributed by atoms with Crippen LogP contribution in [-0.2, 0) is 21.1 Å². The van der Waals surface area contributed by atoms with E-state index in [4.69, 9.17) is 9.72 Å². The molecule has 0 radical (unpaired) electrons. The van der Waals surface area contributed by atoms with Crippen molar-refractivity contribution in [3.05, 3.63) is 115 Å². The molecule has 0 bridgehead atoms. The zero-order chi connectivity index (χ0) is 22.2. The molecular weight excluding hydrogens is 598 g/mol. The first-order valence-corrected chi connectivity index (χ1v) is 11.0. The zero-order valence-corrected chi connectivity index (χ0v) is 20.7. The summed E-state index contributed by atoms with van der Waals surface area (Å²) in [6, 6.07) is 35.7. The van der Waals surface area contributed by atoms with E-state index in [1.165, 1.54) is 22.2 Å². The maximum Gasteiger partial charge on any atom is 2.00 e. The summed E-state index contributed by atoms with van der Waals surface area (Å²) in [5.74, 6) is 1.17. The van der Waals surface area contributed by atoms with Crippen molar-refractivity contribution >= 4 is 23.2 Å². The molecular formula is C29H19BN2OPt. The SMILES string of the molecule is Cc1ccnc(B2c3[c-]c(-c4[c-]c(Oc5ccccn5)ccc4)ccc3-c3ccccc32)c1.[Pt+2]. The Balaban J connectivity index is 0.00000241. The molecule has 0 unspecified atom stereocenters. The quantitative estimate of drug-likeness (QED) is 0.218. The van der Waals surface area contributed by atoms with E-state index in [2.05, 4.69) is 66.5 Å². The number of hydrogen-bond donors (Lipinski definition) is 0. The molecule has 0 N–H and O–H groups in total. The predicted octanol–water partition coefficient (Wildman–Crippen LogP) is 4.34. The molecule has 3 heterocycles. The minimum absolute atomic E-state index is 0. The van der Waals surface area contributed by atoms with Gasteiger partial charge in [-0.1, -0.05) is 41.4 Å². The van der Waals surface area contributed by atoms with Gasteiger partial charge in [0.2, 0.25) is 12.6 Å². The van der Waals surface area contributed by atoms with Crippen molar-refractivity contribution in [2.45, 2.75) is 6.92 Å². The second kappa shape index (κ2) is 9.40. The van der Waals surface area contributed by atoms with Crippen LogP contribution >= 0.6 is 0 Å². The van der Waals surface area contributed by atoms with Gasteiger partial charge in [-0.3, -0.25) is 4.98 Å². The van der Waals surface area contributed by atoms with Gasteiger partial charge >= 0.3 is 21.1 Å². The van der Waals surface area contributed by atoms with Gasteiger partial charge in [0, 0.05) is 29.8 Å². The van der Waals surface area contributed by atoms with E-state index < -0.39 is 0 Å². The third kappa shape index (κ3) is 4.10. The monoisotopic (exact) mass is 617 g/mol. The van der Waals surface area contributed by atoms with E-state index in [0.29, 0.717) is 11.6 Å². The van der Waals surface area contributed by atoms with Crippen LogP contribution in [0.5, 0.6) is 11.6 Å². The summed E-state index contributed by atoms with van der Waals surface area (Å²) in [5.41, 5.74) is 9.04. The molecule has 1 aliphatic rings. The normalized spacial score (nSPS) is 11.4. The van der Waals surface area contributed by atoms with Gasteiger partial charge in [0.1, 0.15) is 0 Å². The van der Waals surface area contributed by atoms with E-state index in [0.717, 1.165) is 22.2 Å². The van der Waals surface area contributed by atoms with Crippen LogP contribution in [0.2, 0.25) is 0 Å². The van der Waals surface area contributed by atoms with Crippen LogP contribution < -0.4 is 21.3 Å². The van der Waals surface area contributed by atoms with Crippen LogP contribution in [0.3, 0.4) is 0 Å². The fourth-order valence-electron chi connectivity index (χ4n) is 4.49. The van der Waals surface area contributed by atoms with Gasteiger partial charge in [-0.05, 0) is 30.7 Å². The number of pyridine rings is 2. The number of hydrogen-bond acceptors (Lipinski definition) is 3. The van der Waals surface area contributed by atoms with Crippen molar-refractivity contribution < 1.29 is 25.8 Å². The van der Waals surface area contributed by atoms with Gasteiger partial charge in [-0.25, -0.2) is 16.1 Å². The molecule has 2 aromatic heterocycles. The average Bonchev–Trinajstić information content (AvgIpc) is 3.18. The van der Waals surface area contributed by atoms with Crippen LogP contribution in [0.25, 0.3) is 22.3 Å². The van der Waals surface area contributed by atoms with Crippen LogP contribution in [-0.4, -0.2) is 16.7 Å². The molecule has 3 aromatic carbocycles. The molecule has 5 aromatic rings. The summed E-state index contributed by atoms with van der Waals surface area (Å²) >= 11 is 0. The average molecular weight is 617 g/mol. The Morgan fingerprint density at radius 1 is 0.735 bits per heavy atom. The van der Waals surface area contributed by atoms with E-state index in [1.807, 2.05) is 48.7 Å². The summed E-state index contributed by atoms with van der Waals surface area (Å²) < 4.78 is 5.90. The van der Waals surface area contributed by atoms with Crippen molar-refractivity contribution in [1.82, 2.24) is 9.97 Å². The van der Waals surface area contributed by atoms with Gasteiger partial charge in [-0.15, -0.1) is 23.8 Å². The second-order valence-corrected chi connectivity index (χ2v) is 8.18. The summed E-state index contributed by atoms with van der Waals surface area (Å²) in [6.07, 6.45) is 3.60. The number of nitrogens with zero attached hydrogens (tertiary/aromatic N) is 2. The minimum atomic E-state index is 0.